The molecule has 13 rings (SSSR count). The average molecular weight is 632 g/mol. The number of rotatable bonds is 3. The number of anilines is 3. The molecule has 49 heavy (non-hydrogen) atoms. The Bertz CT molecular complexity index is 2410. The SMILES string of the molecule is CC1(C)c2ccccc2-c2cc(N(c3ccc4ccccc4c3)c3cccc4c3-c3ccccc3C43C4CC5CC6CC3(C5)C6C4)ccc21. The van der Waals surface area contributed by atoms with E-state index in [1.807, 2.05) is 0 Å². The minimum absolute atomic E-state index is 0.0167. The van der Waals surface area contributed by atoms with Gasteiger partial charge in [0.25, 0.3) is 0 Å². The highest BCUT2D eigenvalue weighted by atomic mass is 15.1. The van der Waals surface area contributed by atoms with E-state index in [2.05, 4.69) is 146 Å². The van der Waals surface area contributed by atoms with Crippen molar-refractivity contribution >= 4 is 27.8 Å². The van der Waals surface area contributed by atoms with E-state index in [0.717, 1.165) is 23.7 Å². The van der Waals surface area contributed by atoms with Gasteiger partial charge in [0.05, 0.1) is 5.69 Å². The van der Waals surface area contributed by atoms with Crippen molar-refractivity contribution in [2.45, 2.75) is 56.8 Å². The molecule has 7 aliphatic rings. The van der Waals surface area contributed by atoms with Gasteiger partial charge < -0.3 is 4.90 Å². The Labute approximate surface area is 289 Å². The molecule has 6 aromatic rings. The molecule has 5 saturated carbocycles. The second-order valence-corrected chi connectivity index (χ2v) is 17.0. The summed E-state index contributed by atoms with van der Waals surface area (Å²) in [5, 5.41) is 2.56. The van der Waals surface area contributed by atoms with Crippen molar-refractivity contribution in [2.75, 3.05) is 4.90 Å². The molecule has 7 aliphatic carbocycles. The summed E-state index contributed by atoms with van der Waals surface area (Å²) in [5.74, 6) is 3.58. The van der Waals surface area contributed by atoms with Gasteiger partial charge in [0, 0.05) is 27.8 Å². The molecule has 0 aromatic heterocycles. The third kappa shape index (κ3) is 3.08. The van der Waals surface area contributed by atoms with Crippen LogP contribution >= 0.6 is 0 Å². The number of benzene rings is 6. The fourth-order valence-corrected chi connectivity index (χ4v) is 13.4. The molecule has 2 spiro atoms. The Morgan fingerprint density at radius 3 is 2.16 bits per heavy atom. The lowest BCUT2D eigenvalue weighted by Gasteiger charge is -2.67. The highest BCUT2D eigenvalue weighted by Gasteiger charge is 2.78. The highest BCUT2D eigenvalue weighted by Crippen LogP contribution is 2.84. The summed E-state index contributed by atoms with van der Waals surface area (Å²) in [6, 6.07) is 49.3. The third-order valence-electron chi connectivity index (χ3n) is 14.9. The first-order valence-electron chi connectivity index (χ1n) is 18.8. The standard InChI is InChI=1S/C48H41N/c1-46(2)39-14-7-5-12-36(39)38-26-35(20-21-40(38)46)49(34-19-18-30-10-3-4-11-31(30)24-34)44-17-9-16-42-45(44)37-13-6-8-15-41(37)48(42)33-23-29-22-32-28-47(48,27-29)43(32)25-33/h3-21,24,26,29,32-33,43H,22-23,25,27-28H2,1-2H3. The Balaban J connectivity index is 1.13. The van der Waals surface area contributed by atoms with Crippen molar-refractivity contribution in [1.82, 2.24) is 0 Å². The van der Waals surface area contributed by atoms with Crippen molar-refractivity contribution in [3.63, 3.8) is 0 Å². The van der Waals surface area contributed by atoms with Crippen LogP contribution in [0.2, 0.25) is 0 Å². The van der Waals surface area contributed by atoms with Crippen LogP contribution in [0.3, 0.4) is 0 Å². The molecule has 1 nitrogen and oxygen atoms in total. The predicted octanol–water partition coefficient (Wildman–Crippen LogP) is 12.3. The van der Waals surface area contributed by atoms with Gasteiger partial charge in [-0.15, -0.1) is 0 Å². The molecule has 0 N–H and O–H groups in total. The average Bonchev–Trinajstić information content (AvgIpc) is 3.55. The Kier molecular flexibility index (Phi) is 4.97. The zero-order valence-electron chi connectivity index (χ0n) is 28.4. The van der Waals surface area contributed by atoms with E-state index >= 15 is 0 Å². The van der Waals surface area contributed by atoms with Crippen LogP contribution < -0.4 is 4.90 Å². The smallest absolute Gasteiger partial charge is 0.0543 e. The molecule has 4 bridgehead atoms. The molecule has 0 radical (unpaired) electrons. The van der Waals surface area contributed by atoms with Crippen molar-refractivity contribution in [1.29, 1.82) is 0 Å². The summed E-state index contributed by atoms with van der Waals surface area (Å²) < 4.78 is 0. The van der Waals surface area contributed by atoms with Crippen LogP contribution in [0.25, 0.3) is 33.0 Å². The molecule has 6 unspecified atom stereocenters. The summed E-state index contributed by atoms with van der Waals surface area (Å²) in [4.78, 5) is 2.60. The molecule has 6 aromatic carbocycles. The Morgan fingerprint density at radius 2 is 1.27 bits per heavy atom. The van der Waals surface area contributed by atoms with Crippen molar-refractivity contribution in [3.8, 4) is 22.3 Å². The van der Waals surface area contributed by atoms with E-state index < -0.39 is 0 Å². The van der Waals surface area contributed by atoms with Gasteiger partial charge in [-0.1, -0.05) is 111 Å². The van der Waals surface area contributed by atoms with E-state index in [4.69, 9.17) is 0 Å². The molecular weight excluding hydrogens is 591 g/mol. The van der Waals surface area contributed by atoms with Gasteiger partial charge in [-0.3, -0.25) is 0 Å². The quantitative estimate of drug-likeness (QED) is 0.188. The maximum absolute atomic E-state index is 2.60. The van der Waals surface area contributed by atoms with E-state index in [0.29, 0.717) is 5.41 Å². The van der Waals surface area contributed by atoms with Gasteiger partial charge in [-0.05, 0) is 141 Å². The lowest BCUT2D eigenvalue weighted by atomic mass is 9.36. The Morgan fingerprint density at radius 1 is 0.551 bits per heavy atom. The van der Waals surface area contributed by atoms with Gasteiger partial charge in [-0.25, -0.2) is 0 Å². The summed E-state index contributed by atoms with van der Waals surface area (Å²) >= 11 is 0. The first kappa shape index (κ1) is 27.2. The summed E-state index contributed by atoms with van der Waals surface area (Å²) in [7, 11) is 0. The van der Waals surface area contributed by atoms with Gasteiger partial charge in [-0.2, -0.15) is 0 Å². The second-order valence-electron chi connectivity index (χ2n) is 17.0. The first-order chi connectivity index (χ1) is 24.0. The number of hydrogen-bond donors (Lipinski definition) is 0. The third-order valence-corrected chi connectivity index (χ3v) is 14.9. The van der Waals surface area contributed by atoms with Crippen LogP contribution in [0.4, 0.5) is 17.1 Å². The van der Waals surface area contributed by atoms with Crippen LogP contribution in [-0.4, -0.2) is 0 Å². The monoisotopic (exact) mass is 631 g/mol. The minimum Gasteiger partial charge on any atom is -0.310 e. The summed E-state index contributed by atoms with van der Waals surface area (Å²) in [6.07, 6.45) is 7.24. The zero-order chi connectivity index (χ0) is 32.3. The zero-order valence-corrected chi connectivity index (χ0v) is 28.4. The van der Waals surface area contributed by atoms with Crippen LogP contribution in [0, 0.1) is 29.1 Å². The summed E-state index contributed by atoms with van der Waals surface area (Å²) in [5.41, 5.74) is 16.2. The van der Waals surface area contributed by atoms with Gasteiger partial charge in [0.1, 0.15) is 0 Å². The molecule has 0 saturated heterocycles. The molecule has 1 heteroatoms. The van der Waals surface area contributed by atoms with Crippen LogP contribution in [0.5, 0.6) is 0 Å². The van der Waals surface area contributed by atoms with E-state index in [1.165, 1.54) is 93.3 Å². The van der Waals surface area contributed by atoms with Crippen LogP contribution in [0.1, 0.15) is 68.2 Å². The lowest BCUT2D eigenvalue weighted by molar-refractivity contribution is -0.140. The summed E-state index contributed by atoms with van der Waals surface area (Å²) in [6.45, 7) is 4.77. The normalized spacial score (nSPS) is 29.8. The fourth-order valence-electron chi connectivity index (χ4n) is 13.4. The highest BCUT2D eigenvalue weighted by molar-refractivity contribution is 5.98. The van der Waals surface area contributed by atoms with Crippen LogP contribution in [0.15, 0.2) is 127 Å². The molecular formula is C48H41N. The van der Waals surface area contributed by atoms with Crippen molar-refractivity contribution in [3.05, 3.63) is 150 Å². The number of nitrogens with zero attached hydrogens (tertiary/aromatic N) is 1. The molecule has 0 amide bonds. The topological polar surface area (TPSA) is 3.24 Å². The molecule has 238 valence electrons. The molecule has 0 heterocycles. The lowest BCUT2D eigenvalue weighted by Crippen LogP contribution is -2.62. The molecule has 0 aliphatic heterocycles. The van der Waals surface area contributed by atoms with Gasteiger partial charge in [0.2, 0.25) is 0 Å². The van der Waals surface area contributed by atoms with E-state index in [-0.39, 0.29) is 10.8 Å². The molecule has 5 fully saturated rings. The van der Waals surface area contributed by atoms with Crippen molar-refractivity contribution in [2.24, 2.45) is 29.1 Å². The maximum Gasteiger partial charge on any atom is 0.0543 e. The first-order valence-corrected chi connectivity index (χ1v) is 18.8. The van der Waals surface area contributed by atoms with Gasteiger partial charge >= 0.3 is 0 Å². The second kappa shape index (κ2) is 8.94. The molecule has 6 atom stereocenters. The Hall–Kier alpha value is -4.62. The minimum atomic E-state index is -0.0167. The van der Waals surface area contributed by atoms with E-state index in [9.17, 15) is 0 Å². The number of fused-ring (bicyclic) bond motifs is 7. The van der Waals surface area contributed by atoms with E-state index in [1.54, 1.807) is 11.1 Å². The number of hydrogen-bond acceptors (Lipinski definition) is 1. The van der Waals surface area contributed by atoms with Crippen LogP contribution in [-0.2, 0) is 10.8 Å². The largest absolute Gasteiger partial charge is 0.310 e. The maximum atomic E-state index is 2.60. The predicted molar refractivity (Wildman–Crippen MR) is 202 cm³/mol. The van der Waals surface area contributed by atoms with Crippen molar-refractivity contribution < 1.29 is 0 Å². The van der Waals surface area contributed by atoms with Gasteiger partial charge in [0.15, 0.2) is 0 Å². The fraction of sp³-hybridized carbons (Fsp3) is 0.292.